The Kier molecular flexibility index (Phi) is 2.98. The lowest BCUT2D eigenvalue weighted by atomic mass is 9.91. The Morgan fingerprint density at radius 1 is 1.50 bits per heavy atom. The quantitative estimate of drug-likeness (QED) is 0.600. The van der Waals surface area contributed by atoms with Crippen LogP contribution in [0.25, 0.3) is 0 Å². The highest BCUT2D eigenvalue weighted by molar-refractivity contribution is 14.1. The number of halogens is 1. The number of hydrogen-bond acceptors (Lipinski definition) is 2. The Morgan fingerprint density at radius 3 is 2.50 bits per heavy atom. The van der Waals surface area contributed by atoms with E-state index in [0.717, 1.165) is 0 Å². The molecule has 0 aromatic rings. The topological polar surface area (TPSA) is 74.6 Å². The summed E-state index contributed by atoms with van der Waals surface area (Å²) < 4.78 is -1.12. The van der Waals surface area contributed by atoms with E-state index in [9.17, 15) is 9.59 Å². The molecule has 2 N–H and O–H groups in total. The van der Waals surface area contributed by atoms with Gasteiger partial charge in [-0.25, -0.2) is 4.79 Å². The molecule has 0 spiro atoms. The molecule has 0 heterocycles. The zero-order chi connectivity index (χ0) is 10.9. The molecule has 1 atom stereocenters. The lowest BCUT2D eigenvalue weighted by Crippen LogP contribution is -2.33. The minimum absolute atomic E-state index is 0.0234. The summed E-state index contributed by atoms with van der Waals surface area (Å²) >= 11 is 1.76. The Balaban J connectivity index is 3.08. The highest BCUT2D eigenvalue weighted by atomic mass is 127. The largest absolute Gasteiger partial charge is 0.480 e. The van der Waals surface area contributed by atoms with Gasteiger partial charge in [0.05, 0.1) is 0 Å². The number of rotatable bonds is 2. The Morgan fingerprint density at radius 2 is 2.07 bits per heavy atom. The van der Waals surface area contributed by atoms with Gasteiger partial charge in [0.15, 0.2) is 0 Å². The SMILES string of the molecule is CC1=CC(I)(C(=O)O)CC(C(=O)O)=C1. The molecule has 0 bridgehead atoms. The predicted octanol–water partition coefficient (Wildman–Crippen LogP) is 1.61. The third-order valence-electron chi connectivity index (χ3n) is 1.94. The van der Waals surface area contributed by atoms with Crippen molar-refractivity contribution in [3.63, 3.8) is 0 Å². The molecule has 4 nitrogen and oxygen atoms in total. The Hall–Kier alpha value is -0.850. The van der Waals surface area contributed by atoms with Crippen molar-refractivity contribution < 1.29 is 19.8 Å². The van der Waals surface area contributed by atoms with Crippen LogP contribution >= 0.6 is 22.6 Å². The molecule has 1 aliphatic rings. The van der Waals surface area contributed by atoms with Crippen molar-refractivity contribution in [3.8, 4) is 0 Å². The summed E-state index contributed by atoms with van der Waals surface area (Å²) in [6.45, 7) is 1.69. The summed E-state index contributed by atoms with van der Waals surface area (Å²) in [6.07, 6.45) is 3.10. The summed E-state index contributed by atoms with van der Waals surface area (Å²) in [5.74, 6) is -2.07. The molecule has 0 aliphatic heterocycles. The van der Waals surface area contributed by atoms with E-state index in [1.807, 2.05) is 0 Å². The maximum atomic E-state index is 10.9. The van der Waals surface area contributed by atoms with Crippen molar-refractivity contribution in [2.45, 2.75) is 16.8 Å². The normalized spacial score (nSPS) is 26.4. The first-order valence-electron chi connectivity index (χ1n) is 3.91. The van der Waals surface area contributed by atoms with Crippen LogP contribution < -0.4 is 0 Å². The van der Waals surface area contributed by atoms with Gasteiger partial charge in [0.2, 0.25) is 0 Å². The average Bonchev–Trinajstić information content (AvgIpc) is 2.02. The fourth-order valence-electron chi connectivity index (χ4n) is 1.33. The van der Waals surface area contributed by atoms with E-state index < -0.39 is 15.4 Å². The van der Waals surface area contributed by atoms with Crippen LogP contribution in [0.4, 0.5) is 0 Å². The fraction of sp³-hybridized carbons (Fsp3) is 0.333. The Labute approximate surface area is 94.4 Å². The van der Waals surface area contributed by atoms with Crippen LogP contribution in [0.3, 0.4) is 0 Å². The second-order valence-electron chi connectivity index (χ2n) is 3.21. The molecule has 5 heteroatoms. The zero-order valence-electron chi connectivity index (χ0n) is 7.45. The number of allylic oxidation sites excluding steroid dienone is 2. The van der Waals surface area contributed by atoms with E-state index in [1.165, 1.54) is 6.08 Å². The minimum Gasteiger partial charge on any atom is -0.480 e. The highest BCUT2D eigenvalue weighted by Gasteiger charge is 2.37. The van der Waals surface area contributed by atoms with Crippen LogP contribution in [-0.2, 0) is 9.59 Å². The third kappa shape index (κ3) is 2.14. The predicted molar refractivity (Wildman–Crippen MR) is 58.5 cm³/mol. The van der Waals surface area contributed by atoms with Gasteiger partial charge in [-0.05, 0) is 13.0 Å². The first-order valence-corrected chi connectivity index (χ1v) is 4.99. The molecule has 0 aromatic carbocycles. The number of alkyl halides is 1. The number of aliphatic carboxylic acids is 2. The third-order valence-corrected chi connectivity index (χ3v) is 3.09. The molecule has 1 rings (SSSR count). The van der Waals surface area contributed by atoms with Gasteiger partial charge in [-0.3, -0.25) is 4.79 Å². The van der Waals surface area contributed by atoms with E-state index in [-0.39, 0.29) is 12.0 Å². The maximum Gasteiger partial charge on any atom is 0.331 e. The van der Waals surface area contributed by atoms with Gasteiger partial charge in [0.25, 0.3) is 0 Å². The summed E-state index contributed by atoms with van der Waals surface area (Å²) in [7, 11) is 0. The molecule has 0 radical (unpaired) electrons. The van der Waals surface area contributed by atoms with Crippen molar-refractivity contribution in [2.24, 2.45) is 0 Å². The zero-order valence-corrected chi connectivity index (χ0v) is 9.61. The lowest BCUT2D eigenvalue weighted by molar-refractivity contribution is -0.138. The number of carboxylic acid groups (broad SMARTS) is 2. The van der Waals surface area contributed by atoms with Crippen molar-refractivity contribution in [3.05, 3.63) is 23.3 Å². The fourth-order valence-corrected chi connectivity index (χ4v) is 2.23. The molecule has 0 saturated heterocycles. The van der Waals surface area contributed by atoms with Crippen LogP contribution in [0, 0.1) is 0 Å². The summed E-state index contributed by atoms with van der Waals surface area (Å²) in [4.78, 5) is 21.6. The van der Waals surface area contributed by atoms with Gasteiger partial charge in [-0.2, -0.15) is 0 Å². The van der Waals surface area contributed by atoms with Crippen LogP contribution in [0.2, 0.25) is 0 Å². The molecular weight excluding hydrogens is 299 g/mol. The molecule has 14 heavy (non-hydrogen) atoms. The van der Waals surface area contributed by atoms with Gasteiger partial charge in [0, 0.05) is 12.0 Å². The highest BCUT2D eigenvalue weighted by Crippen LogP contribution is 2.34. The maximum absolute atomic E-state index is 10.9. The molecule has 0 aromatic heterocycles. The molecule has 76 valence electrons. The monoisotopic (exact) mass is 308 g/mol. The summed E-state index contributed by atoms with van der Waals surface area (Å²) in [6, 6.07) is 0. The number of carboxylic acids is 2. The van der Waals surface area contributed by atoms with Crippen molar-refractivity contribution in [2.75, 3.05) is 0 Å². The molecule has 0 amide bonds. The summed E-state index contributed by atoms with van der Waals surface area (Å²) in [5.41, 5.74) is 0.812. The lowest BCUT2D eigenvalue weighted by Gasteiger charge is -2.23. The van der Waals surface area contributed by atoms with E-state index in [1.54, 1.807) is 35.6 Å². The molecule has 1 unspecified atom stereocenters. The standard InChI is InChI=1S/C9H9IO4/c1-5-2-6(7(11)12)4-9(10,3-5)8(13)14/h2-3H,4H2,1H3,(H,11,12)(H,13,14). The molecule has 1 aliphatic carbocycles. The van der Waals surface area contributed by atoms with E-state index >= 15 is 0 Å². The first-order chi connectivity index (χ1) is 6.35. The van der Waals surface area contributed by atoms with E-state index in [4.69, 9.17) is 10.2 Å². The van der Waals surface area contributed by atoms with Crippen molar-refractivity contribution >= 4 is 34.5 Å². The van der Waals surface area contributed by atoms with Crippen LogP contribution in [0.15, 0.2) is 23.3 Å². The van der Waals surface area contributed by atoms with Gasteiger partial charge in [-0.15, -0.1) is 0 Å². The van der Waals surface area contributed by atoms with Gasteiger partial charge < -0.3 is 10.2 Å². The smallest absolute Gasteiger partial charge is 0.331 e. The van der Waals surface area contributed by atoms with Crippen LogP contribution in [-0.4, -0.2) is 25.6 Å². The molecule has 0 saturated carbocycles. The van der Waals surface area contributed by atoms with E-state index in [0.29, 0.717) is 5.57 Å². The van der Waals surface area contributed by atoms with Crippen molar-refractivity contribution in [1.82, 2.24) is 0 Å². The van der Waals surface area contributed by atoms with Gasteiger partial charge in [0.1, 0.15) is 3.42 Å². The van der Waals surface area contributed by atoms with Crippen LogP contribution in [0.1, 0.15) is 13.3 Å². The second-order valence-corrected chi connectivity index (χ2v) is 5.13. The molecule has 0 fully saturated rings. The summed E-state index contributed by atoms with van der Waals surface area (Å²) in [5, 5.41) is 17.7. The van der Waals surface area contributed by atoms with E-state index in [2.05, 4.69) is 0 Å². The first kappa shape index (κ1) is 11.2. The number of hydrogen-bond donors (Lipinski definition) is 2. The van der Waals surface area contributed by atoms with Gasteiger partial charge in [-0.1, -0.05) is 34.2 Å². The average molecular weight is 308 g/mol. The molecular formula is C9H9IO4. The van der Waals surface area contributed by atoms with Gasteiger partial charge >= 0.3 is 11.9 Å². The van der Waals surface area contributed by atoms with Crippen LogP contribution in [0.5, 0.6) is 0 Å². The number of carbonyl (C=O) groups is 2. The Bertz CT molecular complexity index is 356. The minimum atomic E-state index is -1.12. The van der Waals surface area contributed by atoms with Crippen molar-refractivity contribution in [1.29, 1.82) is 0 Å². The second kappa shape index (κ2) is 3.72.